The van der Waals surface area contributed by atoms with Gasteiger partial charge >= 0.3 is 0 Å². The van der Waals surface area contributed by atoms with E-state index in [0.29, 0.717) is 24.5 Å². The lowest BCUT2D eigenvalue weighted by Crippen LogP contribution is -2.28. The Balaban J connectivity index is 1.43. The molecular weight excluding hydrogens is 414 g/mol. The molecule has 0 saturated carbocycles. The van der Waals surface area contributed by atoms with Gasteiger partial charge in [-0.05, 0) is 42.3 Å². The number of nitrogens with zero attached hydrogens (tertiary/aromatic N) is 2. The van der Waals surface area contributed by atoms with Crippen molar-refractivity contribution in [2.75, 3.05) is 20.8 Å². The summed E-state index contributed by atoms with van der Waals surface area (Å²) >= 11 is 0. The van der Waals surface area contributed by atoms with Crippen molar-refractivity contribution >= 4 is 16.9 Å². The van der Waals surface area contributed by atoms with Gasteiger partial charge in [0.25, 0.3) is 0 Å². The van der Waals surface area contributed by atoms with Gasteiger partial charge in [0.05, 0.1) is 31.7 Å². The molecule has 0 atom stereocenters. The number of aryl methyl sites for hydroxylation is 1. The van der Waals surface area contributed by atoms with Crippen molar-refractivity contribution in [2.24, 2.45) is 0 Å². The van der Waals surface area contributed by atoms with Gasteiger partial charge in [0.1, 0.15) is 5.82 Å². The summed E-state index contributed by atoms with van der Waals surface area (Å²) < 4.78 is 12.8. The van der Waals surface area contributed by atoms with Crippen molar-refractivity contribution < 1.29 is 14.3 Å². The van der Waals surface area contributed by atoms with Crippen LogP contribution in [0.4, 0.5) is 0 Å². The topological polar surface area (TPSA) is 65.4 Å². The van der Waals surface area contributed by atoms with Crippen molar-refractivity contribution in [2.45, 2.75) is 26.3 Å². The number of rotatable bonds is 9. The minimum atomic E-state index is -0.0385. The van der Waals surface area contributed by atoms with Crippen molar-refractivity contribution in [3.8, 4) is 11.5 Å². The lowest BCUT2D eigenvalue weighted by molar-refractivity contribution is -0.120. The number of benzene rings is 3. The molecule has 0 bridgehead atoms. The zero-order valence-corrected chi connectivity index (χ0v) is 19.3. The fourth-order valence-corrected chi connectivity index (χ4v) is 3.92. The number of ether oxygens (including phenoxy) is 2. The molecule has 4 rings (SSSR count). The van der Waals surface area contributed by atoms with Crippen molar-refractivity contribution in [3.63, 3.8) is 0 Å². The third-order valence-electron chi connectivity index (χ3n) is 5.68. The molecule has 1 heterocycles. The summed E-state index contributed by atoms with van der Waals surface area (Å²) in [5.41, 5.74) is 5.41. The molecule has 1 N–H and O–H groups in total. The molecule has 0 spiro atoms. The normalized spacial score (nSPS) is 10.9. The molecule has 0 unspecified atom stereocenters. The van der Waals surface area contributed by atoms with Crippen LogP contribution in [-0.2, 0) is 24.2 Å². The first-order valence-electron chi connectivity index (χ1n) is 11.0. The number of fused-ring (bicyclic) bond motifs is 1. The van der Waals surface area contributed by atoms with E-state index in [1.165, 1.54) is 11.1 Å². The highest BCUT2D eigenvalue weighted by Crippen LogP contribution is 2.27. The van der Waals surface area contributed by atoms with Gasteiger partial charge in [-0.2, -0.15) is 0 Å². The van der Waals surface area contributed by atoms with Gasteiger partial charge in [0.15, 0.2) is 11.5 Å². The molecule has 6 heteroatoms. The third kappa shape index (κ3) is 5.34. The Kier molecular flexibility index (Phi) is 6.93. The molecule has 4 aromatic rings. The molecule has 0 radical (unpaired) electrons. The second-order valence-electron chi connectivity index (χ2n) is 8.05. The smallest absolute Gasteiger partial charge is 0.224 e. The first-order chi connectivity index (χ1) is 16.1. The Bertz CT molecular complexity index is 1250. The number of aromatic nitrogens is 2. The molecule has 33 heavy (non-hydrogen) atoms. The molecule has 1 aromatic heterocycles. The summed E-state index contributed by atoms with van der Waals surface area (Å²) in [4.78, 5) is 17.4. The van der Waals surface area contributed by atoms with E-state index in [-0.39, 0.29) is 12.3 Å². The molecule has 0 saturated heterocycles. The van der Waals surface area contributed by atoms with Crippen LogP contribution >= 0.6 is 0 Å². The van der Waals surface area contributed by atoms with Crippen LogP contribution in [0.15, 0.2) is 66.7 Å². The largest absolute Gasteiger partial charge is 0.493 e. The maximum Gasteiger partial charge on any atom is 0.224 e. The second-order valence-corrected chi connectivity index (χ2v) is 8.05. The summed E-state index contributed by atoms with van der Waals surface area (Å²) in [6, 6.07) is 22.2. The molecule has 0 aliphatic carbocycles. The molecule has 0 aliphatic heterocycles. The number of imidazole rings is 1. The Hall–Kier alpha value is -3.80. The molecule has 170 valence electrons. The summed E-state index contributed by atoms with van der Waals surface area (Å²) in [7, 11) is 3.18. The third-order valence-corrected chi connectivity index (χ3v) is 5.68. The van der Waals surface area contributed by atoms with Crippen LogP contribution in [0.5, 0.6) is 11.5 Å². The zero-order chi connectivity index (χ0) is 23.2. The number of carbonyl (C=O) groups excluding carboxylic acids is 1. The molecular formula is C27H29N3O3. The quantitative estimate of drug-likeness (QED) is 0.419. The monoisotopic (exact) mass is 443 g/mol. The van der Waals surface area contributed by atoms with Crippen LogP contribution in [-0.4, -0.2) is 36.2 Å². The van der Waals surface area contributed by atoms with E-state index < -0.39 is 0 Å². The van der Waals surface area contributed by atoms with Gasteiger partial charge < -0.3 is 19.4 Å². The van der Waals surface area contributed by atoms with E-state index in [1.54, 1.807) is 14.2 Å². The Morgan fingerprint density at radius 2 is 1.67 bits per heavy atom. The van der Waals surface area contributed by atoms with E-state index in [2.05, 4.69) is 47.1 Å². The van der Waals surface area contributed by atoms with Gasteiger partial charge in [0, 0.05) is 19.5 Å². The van der Waals surface area contributed by atoms with Crippen molar-refractivity contribution in [1.82, 2.24) is 14.9 Å². The highest BCUT2D eigenvalue weighted by molar-refractivity contribution is 5.79. The molecule has 0 fully saturated rings. The van der Waals surface area contributed by atoms with Crippen molar-refractivity contribution in [3.05, 3.63) is 89.2 Å². The maximum atomic E-state index is 12.5. The van der Waals surface area contributed by atoms with Crippen LogP contribution in [0.2, 0.25) is 0 Å². The summed E-state index contributed by atoms with van der Waals surface area (Å²) in [5, 5.41) is 3.02. The average Bonchev–Trinajstić information content (AvgIpc) is 3.17. The maximum absolute atomic E-state index is 12.5. The van der Waals surface area contributed by atoms with E-state index in [9.17, 15) is 4.79 Å². The zero-order valence-electron chi connectivity index (χ0n) is 19.3. The van der Waals surface area contributed by atoms with Gasteiger partial charge in [-0.15, -0.1) is 0 Å². The Morgan fingerprint density at radius 1 is 0.939 bits per heavy atom. The molecule has 0 aliphatic rings. The van der Waals surface area contributed by atoms with Crippen molar-refractivity contribution in [1.29, 1.82) is 0 Å². The summed E-state index contributed by atoms with van der Waals surface area (Å²) in [6.07, 6.45) is 0.929. The van der Waals surface area contributed by atoms with E-state index in [4.69, 9.17) is 14.5 Å². The highest BCUT2D eigenvalue weighted by atomic mass is 16.5. The SMILES string of the molecule is COc1ccc(CC(=O)NCCc2nc3ccccc3n2Cc2ccc(C)cc2)cc1OC. The van der Waals surface area contributed by atoms with Crippen LogP contribution in [0, 0.1) is 6.92 Å². The average molecular weight is 444 g/mol. The number of hydrogen-bond donors (Lipinski definition) is 1. The van der Waals surface area contributed by atoms with Gasteiger partial charge in [0.2, 0.25) is 5.91 Å². The Labute approximate surface area is 194 Å². The van der Waals surface area contributed by atoms with Crippen LogP contribution in [0.1, 0.15) is 22.5 Å². The van der Waals surface area contributed by atoms with Crippen LogP contribution in [0.3, 0.4) is 0 Å². The summed E-state index contributed by atoms with van der Waals surface area (Å²) in [5.74, 6) is 2.19. The van der Waals surface area contributed by atoms with E-state index in [0.717, 1.165) is 29.0 Å². The first-order valence-corrected chi connectivity index (χ1v) is 11.0. The molecule has 1 amide bonds. The number of para-hydroxylation sites is 2. The number of hydrogen-bond acceptors (Lipinski definition) is 4. The molecule has 3 aromatic carbocycles. The number of carbonyl (C=O) groups is 1. The van der Waals surface area contributed by atoms with Gasteiger partial charge in [-0.25, -0.2) is 4.98 Å². The second kappa shape index (κ2) is 10.2. The molecule has 6 nitrogen and oxygen atoms in total. The fraction of sp³-hybridized carbons (Fsp3) is 0.259. The summed E-state index contributed by atoms with van der Waals surface area (Å²) in [6.45, 7) is 3.35. The number of methoxy groups -OCH3 is 2. The predicted octanol–water partition coefficient (Wildman–Crippen LogP) is 4.31. The van der Waals surface area contributed by atoms with Crippen LogP contribution in [0.25, 0.3) is 11.0 Å². The van der Waals surface area contributed by atoms with Gasteiger partial charge in [-0.3, -0.25) is 4.79 Å². The van der Waals surface area contributed by atoms with Gasteiger partial charge in [-0.1, -0.05) is 48.0 Å². The first kappa shape index (κ1) is 22.4. The Morgan fingerprint density at radius 3 is 2.42 bits per heavy atom. The predicted molar refractivity (Wildman–Crippen MR) is 130 cm³/mol. The lowest BCUT2D eigenvalue weighted by atomic mass is 10.1. The highest BCUT2D eigenvalue weighted by Gasteiger charge is 2.12. The van der Waals surface area contributed by atoms with E-state index in [1.807, 2.05) is 36.4 Å². The van der Waals surface area contributed by atoms with Crippen LogP contribution < -0.4 is 14.8 Å². The number of amides is 1. The van der Waals surface area contributed by atoms with E-state index >= 15 is 0 Å². The number of nitrogens with one attached hydrogen (secondary N) is 1. The lowest BCUT2D eigenvalue weighted by Gasteiger charge is -2.11. The minimum absolute atomic E-state index is 0.0385. The minimum Gasteiger partial charge on any atom is -0.493 e. The standard InChI is InChI=1S/C27H29N3O3/c1-19-8-10-20(11-9-19)18-30-23-7-5-4-6-22(23)29-26(30)14-15-28-27(31)17-21-12-13-24(32-2)25(16-21)33-3/h4-13,16H,14-15,17-18H2,1-3H3,(H,28,31). The fourth-order valence-electron chi connectivity index (χ4n) is 3.92.